The standard InChI is InChI=1S/C31H21F4N7O3/c32-24-11-3-19(31(33,34)35)15-26(24)40-30(44)37-20-4-8-22(9-5-20)45-23-10-12-25-27(16-23)39-29(38-25)41-28(43)18-1-6-21(7-2-18)42-14-13-36-17-42/h1-17H,(H2,37,40,44)(H2,38,39,41,43). The number of ether oxygens (including phenoxy) is 1. The van der Waals surface area contributed by atoms with E-state index in [1.165, 1.54) is 12.1 Å². The molecule has 6 aromatic rings. The number of alkyl halides is 3. The van der Waals surface area contributed by atoms with E-state index in [1.54, 1.807) is 73.3 Å². The summed E-state index contributed by atoms with van der Waals surface area (Å²) in [6, 6.07) is 19.0. The number of H-pyrrole nitrogens is 1. The Morgan fingerprint density at radius 3 is 2.31 bits per heavy atom. The second-order valence-electron chi connectivity index (χ2n) is 9.63. The van der Waals surface area contributed by atoms with Crippen molar-refractivity contribution in [3.05, 3.63) is 121 Å². The topological polar surface area (TPSA) is 126 Å². The number of halogens is 4. The summed E-state index contributed by atoms with van der Waals surface area (Å²) in [7, 11) is 0. The molecule has 2 heterocycles. The fourth-order valence-electron chi connectivity index (χ4n) is 4.31. The minimum Gasteiger partial charge on any atom is -0.457 e. The second kappa shape index (κ2) is 11.8. The van der Waals surface area contributed by atoms with Gasteiger partial charge in [-0.05, 0) is 78.9 Å². The highest BCUT2D eigenvalue weighted by atomic mass is 19.4. The molecule has 0 atom stereocenters. The quantitative estimate of drug-likeness (QED) is 0.138. The molecule has 2 aromatic heterocycles. The number of hydrogen-bond acceptors (Lipinski definition) is 5. The number of anilines is 3. The molecule has 14 heteroatoms. The fraction of sp³-hybridized carbons (Fsp3) is 0.0323. The predicted octanol–water partition coefficient (Wildman–Crippen LogP) is 7.60. The summed E-state index contributed by atoms with van der Waals surface area (Å²) in [5.74, 6) is -0.246. The van der Waals surface area contributed by atoms with Gasteiger partial charge in [-0.3, -0.25) is 10.1 Å². The number of rotatable bonds is 7. The summed E-state index contributed by atoms with van der Waals surface area (Å²) in [6.45, 7) is 0. The minimum atomic E-state index is -4.69. The van der Waals surface area contributed by atoms with Gasteiger partial charge in [-0.2, -0.15) is 13.2 Å². The van der Waals surface area contributed by atoms with Crippen LogP contribution in [0.2, 0.25) is 0 Å². The van der Waals surface area contributed by atoms with Crippen LogP contribution in [-0.2, 0) is 6.18 Å². The van der Waals surface area contributed by atoms with Gasteiger partial charge in [0.15, 0.2) is 0 Å². The van der Waals surface area contributed by atoms with Crippen LogP contribution in [-0.4, -0.2) is 31.5 Å². The fourth-order valence-corrected chi connectivity index (χ4v) is 4.31. The Balaban J connectivity index is 1.06. The lowest BCUT2D eigenvalue weighted by Crippen LogP contribution is -2.20. The number of aromatic nitrogens is 4. The van der Waals surface area contributed by atoms with Gasteiger partial charge in [0.05, 0.1) is 28.6 Å². The number of benzene rings is 4. The zero-order valence-electron chi connectivity index (χ0n) is 22.9. The lowest BCUT2D eigenvalue weighted by atomic mass is 10.2. The van der Waals surface area contributed by atoms with Gasteiger partial charge >= 0.3 is 12.2 Å². The van der Waals surface area contributed by atoms with E-state index in [9.17, 15) is 27.2 Å². The first-order valence-electron chi connectivity index (χ1n) is 13.2. The molecule has 3 amide bonds. The number of fused-ring (bicyclic) bond motifs is 1. The van der Waals surface area contributed by atoms with Gasteiger partial charge < -0.3 is 24.9 Å². The Labute approximate surface area is 251 Å². The maximum atomic E-state index is 13.9. The Morgan fingerprint density at radius 1 is 0.844 bits per heavy atom. The lowest BCUT2D eigenvalue weighted by molar-refractivity contribution is -0.137. The number of carbonyl (C=O) groups is 2. The van der Waals surface area contributed by atoms with Crippen molar-refractivity contribution < 1.29 is 31.9 Å². The molecule has 226 valence electrons. The molecule has 0 aliphatic rings. The van der Waals surface area contributed by atoms with Gasteiger partial charge in [-0.15, -0.1) is 0 Å². The lowest BCUT2D eigenvalue weighted by Gasteiger charge is -2.12. The molecule has 45 heavy (non-hydrogen) atoms. The Bertz CT molecular complexity index is 1990. The molecule has 0 aliphatic carbocycles. The molecule has 0 fully saturated rings. The molecular weight excluding hydrogens is 594 g/mol. The summed E-state index contributed by atoms with van der Waals surface area (Å²) in [5, 5.41) is 7.25. The summed E-state index contributed by atoms with van der Waals surface area (Å²) >= 11 is 0. The molecule has 4 aromatic carbocycles. The third-order valence-electron chi connectivity index (χ3n) is 6.51. The van der Waals surface area contributed by atoms with Crippen LogP contribution in [0.5, 0.6) is 11.5 Å². The van der Waals surface area contributed by atoms with E-state index in [0.29, 0.717) is 46.3 Å². The Morgan fingerprint density at radius 2 is 1.60 bits per heavy atom. The average molecular weight is 616 g/mol. The van der Waals surface area contributed by atoms with E-state index in [1.807, 2.05) is 4.57 Å². The van der Waals surface area contributed by atoms with Crippen LogP contribution >= 0.6 is 0 Å². The molecule has 0 radical (unpaired) electrons. The molecule has 0 saturated heterocycles. The number of nitrogens with zero attached hydrogens (tertiary/aromatic N) is 3. The van der Waals surface area contributed by atoms with Crippen LogP contribution in [0.4, 0.5) is 39.7 Å². The summed E-state index contributed by atoms with van der Waals surface area (Å²) < 4.78 is 60.4. The number of hydrogen-bond donors (Lipinski definition) is 4. The molecular formula is C31H21F4N7O3. The highest BCUT2D eigenvalue weighted by Gasteiger charge is 2.31. The number of carbonyl (C=O) groups excluding carboxylic acids is 2. The maximum Gasteiger partial charge on any atom is 0.416 e. The van der Waals surface area contributed by atoms with Crippen LogP contribution in [0.15, 0.2) is 104 Å². The predicted molar refractivity (Wildman–Crippen MR) is 158 cm³/mol. The summed E-state index contributed by atoms with van der Waals surface area (Å²) in [5.41, 5.74) is 1.09. The van der Waals surface area contributed by atoms with Crippen LogP contribution in [0.1, 0.15) is 15.9 Å². The van der Waals surface area contributed by atoms with E-state index in [0.717, 1.165) is 5.69 Å². The molecule has 0 unspecified atom stereocenters. The molecule has 0 saturated carbocycles. The molecule has 6 rings (SSSR count). The van der Waals surface area contributed by atoms with Crippen molar-refractivity contribution in [3.63, 3.8) is 0 Å². The first kappa shape index (κ1) is 28.9. The first-order chi connectivity index (χ1) is 21.6. The number of imidazole rings is 2. The van der Waals surface area contributed by atoms with Crippen LogP contribution in [0.25, 0.3) is 16.7 Å². The third-order valence-corrected chi connectivity index (χ3v) is 6.51. The van der Waals surface area contributed by atoms with Gasteiger partial charge in [-0.1, -0.05) is 0 Å². The zero-order chi connectivity index (χ0) is 31.6. The highest BCUT2D eigenvalue weighted by molar-refractivity contribution is 6.04. The average Bonchev–Trinajstić information content (AvgIpc) is 3.69. The highest BCUT2D eigenvalue weighted by Crippen LogP contribution is 2.32. The Kier molecular flexibility index (Phi) is 7.61. The molecule has 0 spiro atoms. The number of urea groups is 1. The number of aromatic amines is 1. The van der Waals surface area contributed by atoms with Crippen LogP contribution in [0, 0.1) is 5.82 Å². The van der Waals surface area contributed by atoms with Crippen LogP contribution in [0.3, 0.4) is 0 Å². The number of amides is 3. The van der Waals surface area contributed by atoms with Crippen molar-refractivity contribution in [2.45, 2.75) is 6.18 Å². The second-order valence-corrected chi connectivity index (χ2v) is 9.63. The van der Waals surface area contributed by atoms with E-state index >= 15 is 0 Å². The largest absolute Gasteiger partial charge is 0.457 e. The van der Waals surface area contributed by atoms with Gasteiger partial charge in [0.1, 0.15) is 17.3 Å². The van der Waals surface area contributed by atoms with E-state index in [-0.39, 0.29) is 17.5 Å². The van der Waals surface area contributed by atoms with Crippen molar-refractivity contribution >= 4 is 40.3 Å². The zero-order valence-corrected chi connectivity index (χ0v) is 22.9. The van der Waals surface area contributed by atoms with Gasteiger partial charge in [0.2, 0.25) is 5.95 Å². The van der Waals surface area contributed by atoms with E-state index in [4.69, 9.17) is 4.74 Å². The van der Waals surface area contributed by atoms with Crippen molar-refractivity contribution in [1.82, 2.24) is 19.5 Å². The smallest absolute Gasteiger partial charge is 0.416 e. The molecule has 4 N–H and O–H groups in total. The van der Waals surface area contributed by atoms with Crippen molar-refractivity contribution in [3.8, 4) is 17.2 Å². The van der Waals surface area contributed by atoms with Crippen LogP contribution < -0.4 is 20.7 Å². The third kappa shape index (κ3) is 6.74. The van der Waals surface area contributed by atoms with Gasteiger partial charge in [0.25, 0.3) is 5.91 Å². The monoisotopic (exact) mass is 615 g/mol. The number of nitrogens with one attached hydrogen (secondary N) is 4. The molecule has 0 aliphatic heterocycles. The maximum absolute atomic E-state index is 13.9. The van der Waals surface area contributed by atoms with Crippen molar-refractivity contribution in [2.75, 3.05) is 16.0 Å². The van der Waals surface area contributed by atoms with E-state index < -0.39 is 29.3 Å². The minimum absolute atomic E-state index is 0.254. The first-order valence-corrected chi connectivity index (χ1v) is 13.2. The summed E-state index contributed by atoms with van der Waals surface area (Å²) in [6.07, 6.45) is 0.438. The Hall–Kier alpha value is -6.18. The SMILES string of the molecule is O=C(Nc1ccc(Oc2ccc3[nH]c(NC(=O)c4ccc(-n5ccnc5)cc4)nc3c2)cc1)Nc1cc(C(F)(F)F)ccc1F. The summed E-state index contributed by atoms with van der Waals surface area (Å²) in [4.78, 5) is 36.5. The van der Waals surface area contributed by atoms with E-state index in [2.05, 4.69) is 30.9 Å². The normalized spacial score (nSPS) is 11.3. The molecule has 10 nitrogen and oxygen atoms in total. The van der Waals surface area contributed by atoms with Gasteiger partial charge in [0, 0.05) is 35.4 Å². The molecule has 0 bridgehead atoms. The van der Waals surface area contributed by atoms with Crippen molar-refractivity contribution in [1.29, 1.82) is 0 Å². The van der Waals surface area contributed by atoms with Crippen molar-refractivity contribution in [2.24, 2.45) is 0 Å². The van der Waals surface area contributed by atoms with Gasteiger partial charge in [-0.25, -0.2) is 19.2 Å².